The van der Waals surface area contributed by atoms with Crippen LogP contribution in [0.4, 0.5) is 0 Å². The monoisotopic (exact) mass is 248 g/mol. The van der Waals surface area contributed by atoms with Gasteiger partial charge in [-0.25, -0.2) is 4.79 Å². The van der Waals surface area contributed by atoms with Crippen LogP contribution in [0.3, 0.4) is 0 Å². The second-order valence-electron chi connectivity index (χ2n) is 4.33. The number of Topliss-reactive ketones (excluding diaryl/α,β-unsaturated/α-hetero) is 1. The summed E-state index contributed by atoms with van der Waals surface area (Å²) in [6.45, 7) is 2.54. The summed E-state index contributed by atoms with van der Waals surface area (Å²) in [5.74, 6) is -0.183. The van der Waals surface area contributed by atoms with Crippen molar-refractivity contribution < 1.29 is 19.1 Å². The number of ketones is 1. The Hall–Kier alpha value is -1.84. The molecule has 18 heavy (non-hydrogen) atoms. The smallest absolute Gasteiger partial charge is 0.379 e. The van der Waals surface area contributed by atoms with Crippen molar-refractivity contribution in [3.05, 3.63) is 29.8 Å². The fourth-order valence-electron chi connectivity index (χ4n) is 1.54. The number of hydrogen-bond donors (Lipinski definition) is 0. The first-order valence-electron chi connectivity index (χ1n) is 6.15. The molecule has 96 valence electrons. The molecule has 4 nitrogen and oxygen atoms in total. The number of carbonyl (C=O) groups excluding carboxylic acids is 2. The van der Waals surface area contributed by atoms with Gasteiger partial charge >= 0.3 is 5.97 Å². The molecule has 1 aromatic rings. The summed E-state index contributed by atoms with van der Waals surface area (Å²) >= 11 is 0. The van der Waals surface area contributed by atoms with Crippen LogP contribution in [0.2, 0.25) is 0 Å². The minimum absolute atomic E-state index is 0.197. The molecular weight excluding hydrogens is 232 g/mol. The van der Waals surface area contributed by atoms with Crippen molar-refractivity contribution in [3.8, 4) is 5.75 Å². The molecule has 1 fully saturated rings. The van der Waals surface area contributed by atoms with Crippen molar-refractivity contribution in [1.29, 1.82) is 0 Å². The van der Waals surface area contributed by atoms with Crippen LogP contribution in [0.5, 0.6) is 5.75 Å². The van der Waals surface area contributed by atoms with E-state index in [1.807, 2.05) is 0 Å². The molecule has 0 unspecified atom stereocenters. The van der Waals surface area contributed by atoms with Gasteiger partial charge in [-0.1, -0.05) is 12.1 Å². The number of carbonyl (C=O) groups is 2. The van der Waals surface area contributed by atoms with Crippen LogP contribution in [0.1, 0.15) is 30.1 Å². The lowest BCUT2D eigenvalue weighted by Crippen LogP contribution is -2.17. The zero-order valence-corrected chi connectivity index (χ0v) is 10.3. The van der Waals surface area contributed by atoms with Gasteiger partial charge in [0, 0.05) is 5.56 Å². The Balaban J connectivity index is 2.00. The first kappa shape index (κ1) is 12.6. The molecule has 1 saturated carbocycles. The lowest BCUT2D eigenvalue weighted by Gasteiger charge is -2.06. The summed E-state index contributed by atoms with van der Waals surface area (Å²) in [6, 6.07) is 6.66. The van der Waals surface area contributed by atoms with Gasteiger partial charge in [0.1, 0.15) is 5.75 Å². The van der Waals surface area contributed by atoms with Crippen LogP contribution in [0.25, 0.3) is 0 Å². The molecule has 0 radical (unpaired) electrons. The van der Waals surface area contributed by atoms with Crippen LogP contribution < -0.4 is 4.74 Å². The van der Waals surface area contributed by atoms with Crippen LogP contribution in [-0.2, 0) is 9.53 Å². The number of hydrogen-bond acceptors (Lipinski definition) is 4. The van der Waals surface area contributed by atoms with Gasteiger partial charge in [0.2, 0.25) is 0 Å². The third kappa shape index (κ3) is 3.32. The number of rotatable bonds is 6. The second kappa shape index (κ2) is 5.67. The molecule has 1 aliphatic carbocycles. The van der Waals surface area contributed by atoms with Crippen LogP contribution in [0, 0.1) is 5.92 Å². The Bertz CT molecular complexity index is 449. The largest absolute Gasteiger partial charge is 0.493 e. The molecule has 0 atom stereocenters. The third-order valence-corrected chi connectivity index (χ3v) is 2.74. The van der Waals surface area contributed by atoms with Crippen LogP contribution in [-0.4, -0.2) is 25.0 Å². The summed E-state index contributed by atoms with van der Waals surface area (Å²) in [4.78, 5) is 23.0. The molecule has 1 aromatic carbocycles. The van der Waals surface area contributed by atoms with E-state index in [1.165, 1.54) is 12.8 Å². The maximum absolute atomic E-state index is 11.7. The summed E-state index contributed by atoms with van der Waals surface area (Å²) in [5.41, 5.74) is 0.307. The normalized spacial score (nSPS) is 14.1. The molecular formula is C14H16O4. The molecule has 0 saturated heterocycles. The van der Waals surface area contributed by atoms with E-state index >= 15 is 0 Å². The fraction of sp³-hybridized carbons (Fsp3) is 0.429. The lowest BCUT2D eigenvalue weighted by atomic mass is 10.1. The van der Waals surface area contributed by atoms with Gasteiger partial charge in [-0.3, -0.25) is 4.79 Å². The summed E-state index contributed by atoms with van der Waals surface area (Å²) in [5, 5.41) is 0. The van der Waals surface area contributed by atoms with E-state index in [4.69, 9.17) is 4.74 Å². The second-order valence-corrected chi connectivity index (χ2v) is 4.33. The minimum atomic E-state index is -0.822. The molecule has 0 spiro atoms. The molecule has 0 amide bonds. The SMILES string of the molecule is CCOC(=O)C(=O)c1cccc(OCC2CC2)c1. The van der Waals surface area contributed by atoms with E-state index in [2.05, 4.69) is 4.74 Å². The minimum Gasteiger partial charge on any atom is -0.493 e. The third-order valence-electron chi connectivity index (χ3n) is 2.74. The van der Waals surface area contributed by atoms with Crippen molar-refractivity contribution in [2.75, 3.05) is 13.2 Å². The van der Waals surface area contributed by atoms with Gasteiger partial charge in [0.25, 0.3) is 5.78 Å². The van der Waals surface area contributed by atoms with Gasteiger partial charge in [-0.15, -0.1) is 0 Å². The molecule has 0 bridgehead atoms. The van der Waals surface area contributed by atoms with E-state index in [0.717, 1.165) is 0 Å². The topological polar surface area (TPSA) is 52.6 Å². The Kier molecular flexibility index (Phi) is 3.97. The molecule has 0 aromatic heterocycles. The summed E-state index contributed by atoms with van der Waals surface area (Å²) in [6.07, 6.45) is 2.42. The summed E-state index contributed by atoms with van der Waals surface area (Å²) in [7, 11) is 0. The predicted octanol–water partition coefficient (Wildman–Crippen LogP) is 2.22. The highest BCUT2D eigenvalue weighted by atomic mass is 16.5. The molecule has 0 heterocycles. The van der Waals surface area contributed by atoms with E-state index in [9.17, 15) is 9.59 Å². The lowest BCUT2D eigenvalue weighted by molar-refractivity contribution is -0.137. The Morgan fingerprint density at radius 3 is 2.78 bits per heavy atom. The van der Waals surface area contributed by atoms with Gasteiger partial charge < -0.3 is 9.47 Å². The zero-order chi connectivity index (χ0) is 13.0. The van der Waals surface area contributed by atoms with Crippen molar-refractivity contribution in [2.24, 2.45) is 5.92 Å². The average molecular weight is 248 g/mol. The summed E-state index contributed by atoms with van der Waals surface area (Å²) < 4.78 is 10.2. The van der Waals surface area contributed by atoms with Crippen molar-refractivity contribution in [3.63, 3.8) is 0 Å². The maximum atomic E-state index is 11.7. The highest BCUT2D eigenvalue weighted by molar-refractivity contribution is 6.40. The van der Waals surface area contributed by atoms with Crippen molar-refractivity contribution in [2.45, 2.75) is 19.8 Å². The highest BCUT2D eigenvalue weighted by Gasteiger charge is 2.22. The average Bonchev–Trinajstić information content (AvgIpc) is 3.20. The first-order chi connectivity index (χ1) is 8.70. The predicted molar refractivity (Wildman–Crippen MR) is 65.6 cm³/mol. The van der Waals surface area contributed by atoms with Crippen molar-refractivity contribution >= 4 is 11.8 Å². The van der Waals surface area contributed by atoms with E-state index in [-0.39, 0.29) is 6.61 Å². The van der Waals surface area contributed by atoms with E-state index in [0.29, 0.717) is 23.8 Å². The quantitative estimate of drug-likeness (QED) is 0.440. The van der Waals surface area contributed by atoms with Gasteiger partial charge in [0.05, 0.1) is 13.2 Å². The van der Waals surface area contributed by atoms with Gasteiger partial charge in [-0.2, -0.15) is 0 Å². The fourth-order valence-corrected chi connectivity index (χ4v) is 1.54. The van der Waals surface area contributed by atoms with Crippen LogP contribution in [0.15, 0.2) is 24.3 Å². The Morgan fingerprint density at radius 2 is 2.11 bits per heavy atom. The zero-order valence-electron chi connectivity index (χ0n) is 10.3. The highest BCUT2D eigenvalue weighted by Crippen LogP contribution is 2.29. The molecule has 0 N–H and O–H groups in total. The van der Waals surface area contributed by atoms with Gasteiger partial charge in [0.15, 0.2) is 0 Å². The van der Waals surface area contributed by atoms with Crippen molar-refractivity contribution in [1.82, 2.24) is 0 Å². The molecule has 4 heteroatoms. The molecule has 2 rings (SSSR count). The van der Waals surface area contributed by atoms with Crippen LogP contribution >= 0.6 is 0 Å². The Morgan fingerprint density at radius 1 is 1.33 bits per heavy atom. The number of ether oxygens (including phenoxy) is 2. The number of esters is 1. The van der Waals surface area contributed by atoms with Gasteiger partial charge in [-0.05, 0) is 37.8 Å². The first-order valence-corrected chi connectivity index (χ1v) is 6.15. The molecule has 0 aliphatic heterocycles. The number of benzene rings is 1. The van der Waals surface area contributed by atoms with E-state index in [1.54, 1.807) is 31.2 Å². The van der Waals surface area contributed by atoms with E-state index < -0.39 is 11.8 Å². The molecule has 1 aliphatic rings. The Labute approximate surface area is 106 Å². The maximum Gasteiger partial charge on any atom is 0.379 e. The standard InChI is InChI=1S/C14H16O4/c1-2-17-14(16)13(15)11-4-3-5-12(8-11)18-9-10-6-7-10/h3-5,8,10H,2,6-7,9H2,1H3.